The molecule has 1 N–H and O–H groups in total. The van der Waals surface area contributed by atoms with Crippen LogP contribution in [-0.4, -0.2) is 36.5 Å². The molecule has 0 saturated carbocycles. The highest BCUT2D eigenvalue weighted by Crippen LogP contribution is 2.12. The summed E-state index contributed by atoms with van der Waals surface area (Å²) in [6.07, 6.45) is 0.825. The Morgan fingerprint density at radius 1 is 1.62 bits per heavy atom. The third-order valence-electron chi connectivity index (χ3n) is 2.88. The van der Waals surface area contributed by atoms with Gasteiger partial charge in [-0.15, -0.1) is 0 Å². The molecule has 88 valence electrons. The van der Waals surface area contributed by atoms with E-state index in [1.807, 2.05) is 17.9 Å². The Labute approximate surface area is 95.6 Å². The molecule has 1 atom stereocenters. The van der Waals surface area contributed by atoms with Gasteiger partial charge in [0.2, 0.25) is 0 Å². The molecule has 1 aliphatic rings. The Hall–Kier alpha value is -1.29. The number of nitrogens with zero attached hydrogens (tertiary/aromatic N) is 1. The first-order valence-electron chi connectivity index (χ1n) is 5.82. The van der Waals surface area contributed by atoms with E-state index in [4.69, 9.17) is 4.42 Å². The van der Waals surface area contributed by atoms with E-state index in [9.17, 15) is 4.79 Å². The molecule has 4 nitrogen and oxygen atoms in total. The molecule has 1 fully saturated rings. The largest absolute Gasteiger partial charge is 0.456 e. The number of hydrogen-bond donors (Lipinski definition) is 1. The van der Waals surface area contributed by atoms with Crippen LogP contribution in [0.25, 0.3) is 0 Å². The second kappa shape index (κ2) is 4.70. The van der Waals surface area contributed by atoms with Gasteiger partial charge >= 0.3 is 0 Å². The van der Waals surface area contributed by atoms with Gasteiger partial charge in [-0.05, 0) is 19.1 Å². The number of hydrogen-bond acceptors (Lipinski definition) is 3. The minimum atomic E-state index is 0.00745. The standard InChI is InChI=1S/C12H18N2O2/c1-3-10-4-5-11(16-10)12(15)14-7-6-13-9(2)8-14/h4-5,9,13H,3,6-8H2,1-2H3. The van der Waals surface area contributed by atoms with Crippen LogP contribution in [0.1, 0.15) is 30.2 Å². The van der Waals surface area contributed by atoms with Gasteiger partial charge in [0.15, 0.2) is 5.76 Å². The maximum Gasteiger partial charge on any atom is 0.289 e. The van der Waals surface area contributed by atoms with Crippen LogP contribution >= 0.6 is 0 Å². The van der Waals surface area contributed by atoms with Gasteiger partial charge in [0.05, 0.1) is 0 Å². The van der Waals surface area contributed by atoms with E-state index < -0.39 is 0 Å². The van der Waals surface area contributed by atoms with E-state index in [1.54, 1.807) is 6.07 Å². The summed E-state index contributed by atoms with van der Waals surface area (Å²) in [5.74, 6) is 1.34. The van der Waals surface area contributed by atoms with Crippen molar-refractivity contribution in [2.24, 2.45) is 0 Å². The molecule has 2 rings (SSSR count). The molecule has 0 radical (unpaired) electrons. The summed E-state index contributed by atoms with van der Waals surface area (Å²) >= 11 is 0. The highest BCUT2D eigenvalue weighted by molar-refractivity contribution is 5.91. The van der Waals surface area contributed by atoms with Crippen LogP contribution in [0.5, 0.6) is 0 Å². The first-order chi connectivity index (χ1) is 7.70. The van der Waals surface area contributed by atoms with Gasteiger partial charge in [-0.3, -0.25) is 4.79 Å². The monoisotopic (exact) mass is 222 g/mol. The number of aryl methyl sites for hydroxylation is 1. The summed E-state index contributed by atoms with van der Waals surface area (Å²) in [6, 6.07) is 4.01. The molecule has 1 saturated heterocycles. The van der Waals surface area contributed by atoms with Crippen LogP contribution in [0.4, 0.5) is 0 Å². The topological polar surface area (TPSA) is 45.5 Å². The second-order valence-electron chi connectivity index (χ2n) is 4.23. The summed E-state index contributed by atoms with van der Waals surface area (Å²) in [5, 5.41) is 3.31. The number of rotatable bonds is 2. The quantitative estimate of drug-likeness (QED) is 0.819. The molecule has 4 heteroatoms. The fourth-order valence-corrected chi connectivity index (χ4v) is 1.96. The molecular formula is C12H18N2O2. The Bertz CT molecular complexity index is 373. The average Bonchev–Trinajstić information content (AvgIpc) is 2.76. The fraction of sp³-hybridized carbons (Fsp3) is 0.583. The molecule has 16 heavy (non-hydrogen) atoms. The van der Waals surface area contributed by atoms with Crippen LogP contribution in [0.2, 0.25) is 0 Å². The second-order valence-corrected chi connectivity index (χ2v) is 4.23. The molecule has 2 heterocycles. The predicted molar refractivity (Wildman–Crippen MR) is 61.5 cm³/mol. The Morgan fingerprint density at radius 2 is 2.44 bits per heavy atom. The lowest BCUT2D eigenvalue weighted by molar-refractivity contribution is 0.0675. The van der Waals surface area contributed by atoms with Crippen molar-refractivity contribution in [3.8, 4) is 0 Å². The molecule has 0 spiro atoms. The first-order valence-corrected chi connectivity index (χ1v) is 5.82. The van der Waals surface area contributed by atoms with Crippen molar-refractivity contribution in [2.45, 2.75) is 26.3 Å². The van der Waals surface area contributed by atoms with Gasteiger partial charge < -0.3 is 14.6 Å². The van der Waals surface area contributed by atoms with Gasteiger partial charge in [0.1, 0.15) is 5.76 Å². The molecule has 1 aromatic heterocycles. The van der Waals surface area contributed by atoms with Crippen molar-refractivity contribution in [2.75, 3.05) is 19.6 Å². The zero-order chi connectivity index (χ0) is 11.5. The number of piperazine rings is 1. The van der Waals surface area contributed by atoms with Crippen molar-refractivity contribution in [3.63, 3.8) is 0 Å². The van der Waals surface area contributed by atoms with Gasteiger partial charge in [0, 0.05) is 32.1 Å². The van der Waals surface area contributed by atoms with Crippen LogP contribution in [-0.2, 0) is 6.42 Å². The van der Waals surface area contributed by atoms with Gasteiger partial charge in [-0.1, -0.05) is 6.92 Å². The maximum atomic E-state index is 12.1. The molecule has 1 amide bonds. The van der Waals surface area contributed by atoms with E-state index in [1.165, 1.54) is 0 Å². The zero-order valence-electron chi connectivity index (χ0n) is 9.82. The van der Waals surface area contributed by atoms with Crippen LogP contribution in [0, 0.1) is 0 Å². The molecule has 0 bridgehead atoms. The Morgan fingerprint density at radius 3 is 3.06 bits per heavy atom. The minimum Gasteiger partial charge on any atom is -0.456 e. The summed E-state index contributed by atoms with van der Waals surface area (Å²) in [5.41, 5.74) is 0. The molecule has 0 aromatic carbocycles. The fourth-order valence-electron chi connectivity index (χ4n) is 1.96. The highest BCUT2D eigenvalue weighted by atomic mass is 16.4. The van der Waals surface area contributed by atoms with E-state index in [0.717, 1.165) is 31.8 Å². The molecule has 1 aromatic rings. The summed E-state index contributed by atoms with van der Waals surface area (Å²) in [4.78, 5) is 13.9. The van der Waals surface area contributed by atoms with Crippen LogP contribution in [0.3, 0.4) is 0 Å². The molecular weight excluding hydrogens is 204 g/mol. The predicted octanol–water partition coefficient (Wildman–Crippen LogP) is 1.28. The van der Waals surface area contributed by atoms with Crippen molar-refractivity contribution in [1.29, 1.82) is 0 Å². The van der Waals surface area contributed by atoms with Gasteiger partial charge in [-0.25, -0.2) is 0 Å². The summed E-state index contributed by atoms with van der Waals surface area (Å²) in [6.45, 7) is 6.46. The third kappa shape index (κ3) is 2.27. The Balaban J connectivity index is 2.06. The van der Waals surface area contributed by atoms with Crippen molar-refractivity contribution in [1.82, 2.24) is 10.2 Å². The van der Waals surface area contributed by atoms with E-state index in [-0.39, 0.29) is 5.91 Å². The van der Waals surface area contributed by atoms with E-state index in [0.29, 0.717) is 11.8 Å². The molecule has 1 aliphatic heterocycles. The van der Waals surface area contributed by atoms with E-state index >= 15 is 0 Å². The van der Waals surface area contributed by atoms with Gasteiger partial charge in [-0.2, -0.15) is 0 Å². The van der Waals surface area contributed by atoms with Crippen molar-refractivity contribution in [3.05, 3.63) is 23.7 Å². The van der Waals surface area contributed by atoms with Crippen LogP contribution in [0.15, 0.2) is 16.5 Å². The number of carbonyl (C=O) groups is 1. The SMILES string of the molecule is CCc1ccc(C(=O)N2CCNC(C)C2)o1. The maximum absolute atomic E-state index is 12.1. The summed E-state index contributed by atoms with van der Waals surface area (Å²) in [7, 11) is 0. The van der Waals surface area contributed by atoms with Gasteiger partial charge in [0.25, 0.3) is 5.91 Å². The lowest BCUT2D eigenvalue weighted by Gasteiger charge is -2.31. The molecule has 0 aliphatic carbocycles. The lowest BCUT2D eigenvalue weighted by Crippen LogP contribution is -2.51. The first kappa shape index (κ1) is 11.2. The zero-order valence-corrected chi connectivity index (χ0v) is 9.82. The lowest BCUT2D eigenvalue weighted by atomic mass is 10.2. The van der Waals surface area contributed by atoms with E-state index in [2.05, 4.69) is 12.2 Å². The number of nitrogens with one attached hydrogen (secondary N) is 1. The average molecular weight is 222 g/mol. The van der Waals surface area contributed by atoms with Crippen molar-refractivity contribution >= 4 is 5.91 Å². The minimum absolute atomic E-state index is 0.00745. The Kier molecular flexibility index (Phi) is 3.29. The summed E-state index contributed by atoms with van der Waals surface area (Å²) < 4.78 is 5.47. The smallest absolute Gasteiger partial charge is 0.289 e. The highest BCUT2D eigenvalue weighted by Gasteiger charge is 2.23. The number of furan rings is 1. The van der Waals surface area contributed by atoms with Crippen LogP contribution < -0.4 is 5.32 Å². The number of carbonyl (C=O) groups excluding carboxylic acids is 1. The number of amides is 1. The molecule has 1 unspecified atom stereocenters. The normalized spacial score (nSPS) is 21.1. The van der Waals surface area contributed by atoms with Crippen molar-refractivity contribution < 1.29 is 9.21 Å². The third-order valence-corrected chi connectivity index (χ3v) is 2.88.